The molecule has 1 aliphatic rings. The third kappa shape index (κ3) is 6.87. The molecule has 4 heterocycles. The van der Waals surface area contributed by atoms with Crippen molar-refractivity contribution in [2.75, 3.05) is 0 Å². The molecule has 0 saturated carbocycles. The molecule has 11 heteroatoms. The lowest BCUT2D eigenvalue weighted by Gasteiger charge is -2.40. The van der Waals surface area contributed by atoms with E-state index in [9.17, 15) is 25.5 Å². The van der Waals surface area contributed by atoms with Gasteiger partial charge in [0.1, 0.15) is 30.6 Å². The number of aromatic nitrogens is 3. The number of rotatable bonds is 10. The van der Waals surface area contributed by atoms with Crippen molar-refractivity contribution in [3.05, 3.63) is 89.8 Å². The number of pyridine rings is 3. The van der Waals surface area contributed by atoms with Crippen molar-refractivity contribution in [2.45, 2.75) is 63.1 Å². The molecule has 6 atom stereocenters. The highest BCUT2D eigenvalue weighted by atomic mass is 16.6. The molecule has 0 radical (unpaired) electrons. The molecule has 1 aliphatic heterocycles. The van der Waals surface area contributed by atoms with E-state index < -0.39 is 36.9 Å². The Bertz CT molecular complexity index is 1020. The van der Waals surface area contributed by atoms with Gasteiger partial charge in [0.2, 0.25) is 0 Å². The molecule has 192 valence electrons. The quantitative estimate of drug-likeness (QED) is 0.196. The van der Waals surface area contributed by atoms with Crippen molar-refractivity contribution in [1.82, 2.24) is 25.2 Å². The van der Waals surface area contributed by atoms with E-state index in [-0.39, 0.29) is 6.54 Å². The maximum absolute atomic E-state index is 10.3. The number of nitrogens with one attached hydrogen (secondary N) is 1. The summed E-state index contributed by atoms with van der Waals surface area (Å²) in [7, 11) is 0. The minimum atomic E-state index is -1.72. The third-order valence-electron chi connectivity index (χ3n) is 5.95. The Kier molecular flexibility index (Phi) is 9.02. The SMILES string of the molecule is O[C@@H]1[C@@H](O)[C@@H](O)C([C@H](O)NCc2ccc(CN(Cc3ccccn3)Cc3ccccn3)nc2)O[C@@H]1O. The molecule has 0 aliphatic carbocycles. The summed E-state index contributed by atoms with van der Waals surface area (Å²) in [5.74, 6) is 0. The van der Waals surface area contributed by atoms with Crippen LogP contribution in [0.2, 0.25) is 0 Å². The van der Waals surface area contributed by atoms with Gasteiger partial charge in [0.25, 0.3) is 0 Å². The monoisotopic (exact) mass is 497 g/mol. The zero-order valence-corrected chi connectivity index (χ0v) is 19.6. The van der Waals surface area contributed by atoms with Crippen LogP contribution in [0.5, 0.6) is 0 Å². The summed E-state index contributed by atoms with van der Waals surface area (Å²) >= 11 is 0. The molecule has 0 bridgehead atoms. The molecule has 4 rings (SSSR count). The summed E-state index contributed by atoms with van der Waals surface area (Å²) in [5, 5.41) is 52.2. The van der Waals surface area contributed by atoms with Crippen molar-refractivity contribution in [2.24, 2.45) is 0 Å². The predicted octanol–water partition coefficient (Wildman–Crippen LogP) is -0.718. The average Bonchev–Trinajstić information content (AvgIpc) is 2.90. The first-order valence-electron chi connectivity index (χ1n) is 11.7. The highest BCUT2D eigenvalue weighted by molar-refractivity contribution is 5.15. The van der Waals surface area contributed by atoms with Gasteiger partial charge in [-0.3, -0.25) is 25.2 Å². The van der Waals surface area contributed by atoms with Crippen molar-refractivity contribution in [1.29, 1.82) is 0 Å². The van der Waals surface area contributed by atoms with Crippen LogP contribution in [-0.2, 0) is 30.9 Å². The summed E-state index contributed by atoms with van der Waals surface area (Å²) in [6.45, 7) is 2.03. The van der Waals surface area contributed by atoms with Gasteiger partial charge in [0.15, 0.2) is 6.29 Å². The van der Waals surface area contributed by atoms with E-state index in [2.05, 4.69) is 25.2 Å². The minimum absolute atomic E-state index is 0.196. The number of aliphatic hydroxyl groups excluding tert-OH is 5. The van der Waals surface area contributed by atoms with E-state index in [0.29, 0.717) is 19.6 Å². The summed E-state index contributed by atoms with van der Waals surface area (Å²) in [5.41, 5.74) is 3.50. The second-order valence-corrected chi connectivity index (χ2v) is 8.73. The molecule has 0 aromatic carbocycles. The molecule has 36 heavy (non-hydrogen) atoms. The lowest BCUT2D eigenvalue weighted by molar-refractivity contribution is -0.299. The van der Waals surface area contributed by atoms with Gasteiger partial charge < -0.3 is 30.3 Å². The topological polar surface area (TPSA) is 164 Å². The molecule has 3 aromatic heterocycles. The second kappa shape index (κ2) is 12.4. The van der Waals surface area contributed by atoms with Gasteiger partial charge in [-0.05, 0) is 35.9 Å². The van der Waals surface area contributed by atoms with E-state index in [1.54, 1.807) is 18.6 Å². The van der Waals surface area contributed by atoms with Crippen molar-refractivity contribution < 1.29 is 30.3 Å². The molecule has 6 N–H and O–H groups in total. The first-order valence-corrected chi connectivity index (χ1v) is 11.7. The molecule has 1 unspecified atom stereocenters. The fraction of sp³-hybridized carbons (Fsp3) is 0.400. The van der Waals surface area contributed by atoms with Gasteiger partial charge in [-0.25, -0.2) is 0 Å². The molecule has 1 fully saturated rings. The van der Waals surface area contributed by atoms with Crippen LogP contribution >= 0.6 is 0 Å². The normalized spacial score (nSPS) is 25.1. The van der Waals surface area contributed by atoms with Crippen LogP contribution in [-0.4, -0.2) is 82.3 Å². The zero-order valence-electron chi connectivity index (χ0n) is 19.6. The molecule has 3 aromatic rings. The average molecular weight is 498 g/mol. The number of hydrogen-bond donors (Lipinski definition) is 6. The summed E-state index contributed by atoms with van der Waals surface area (Å²) < 4.78 is 5.04. The maximum Gasteiger partial charge on any atom is 0.184 e. The van der Waals surface area contributed by atoms with Crippen LogP contribution in [0.1, 0.15) is 22.6 Å². The number of hydrogen-bond acceptors (Lipinski definition) is 11. The standard InChI is InChI=1S/C25H31N5O6/c31-20-21(32)23(36-25(35)22(20)33)24(34)29-12-16-7-8-19(28-11-16)15-30(13-17-5-1-3-9-26-17)14-18-6-2-4-10-27-18/h1-11,20-25,29,31-35H,12-15H2/t20-,21+,22+,23?,24-,25-/m0/s1. The Labute approximate surface area is 208 Å². The first-order chi connectivity index (χ1) is 17.4. The predicted molar refractivity (Wildman–Crippen MR) is 127 cm³/mol. The van der Waals surface area contributed by atoms with Gasteiger partial charge >= 0.3 is 0 Å². The fourth-order valence-corrected chi connectivity index (χ4v) is 3.98. The lowest BCUT2D eigenvalue weighted by atomic mass is 9.98. The van der Waals surface area contributed by atoms with Crippen molar-refractivity contribution >= 4 is 0 Å². The molecule has 11 nitrogen and oxygen atoms in total. The molecule has 0 spiro atoms. The van der Waals surface area contributed by atoms with E-state index in [4.69, 9.17) is 4.74 Å². The van der Waals surface area contributed by atoms with Gasteiger partial charge in [-0.2, -0.15) is 0 Å². The Morgan fingerprint density at radius 2 is 1.39 bits per heavy atom. The largest absolute Gasteiger partial charge is 0.387 e. The van der Waals surface area contributed by atoms with Crippen LogP contribution in [0, 0.1) is 0 Å². The second-order valence-electron chi connectivity index (χ2n) is 8.73. The highest BCUT2D eigenvalue weighted by Gasteiger charge is 2.45. The van der Waals surface area contributed by atoms with Crippen LogP contribution in [0.25, 0.3) is 0 Å². The van der Waals surface area contributed by atoms with Crippen LogP contribution in [0.3, 0.4) is 0 Å². The lowest BCUT2D eigenvalue weighted by Crippen LogP contribution is -2.62. The summed E-state index contributed by atoms with van der Waals surface area (Å²) in [4.78, 5) is 15.6. The van der Waals surface area contributed by atoms with Gasteiger partial charge in [-0.15, -0.1) is 0 Å². The number of ether oxygens (including phenoxy) is 1. The van der Waals surface area contributed by atoms with E-state index in [1.807, 2.05) is 48.5 Å². The van der Waals surface area contributed by atoms with Crippen molar-refractivity contribution in [3.63, 3.8) is 0 Å². The Morgan fingerprint density at radius 3 is 1.92 bits per heavy atom. The first kappa shape index (κ1) is 26.2. The molecular formula is C25H31N5O6. The minimum Gasteiger partial charge on any atom is -0.387 e. The van der Waals surface area contributed by atoms with Crippen LogP contribution in [0.15, 0.2) is 67.1 Å². The zero-order chi connectivity index (χ0) is 25.5. The van der Waals surface area contributed by atoms with Crippen LogP contribution in [0.4, 0.5) is 0 Å². The van der Waals surface area contributed by atoms with Crippen LogP contribution < -0.4 is 5.32 Å². The van der Waals surface area contributed by atoms with Gasteiger partial charge in [0.05, 0.1) is 17.1 Å². The number of aliphatic hydroxyl groups is 5. The van der Waals surface area contributed by atoms with Crippen molar-refractivity contribution in [3.8, 4) is 0 Å². The molecule has 0 amide bonds. The van der Waals surface area contributed by atoms with E-state index in [0.717, 1.165) is 22.6 Å². The Hall–Kier alpha value is -2.87. The Morgan fingerprint density at radius 1 is 0.778 bits per heavy atom. The van der Waals surface area contributed by atoms with E-state index >= 15 is 0 Å². The Balaban J connectivity index is 1.35. The van der Waals surface area contributed by atoms with Gasteiger partial charge in [-0.1, -0.05) is 18.2 Å². The number of nitrogens with zero attached hydrogens (tertiary/aromatic N) is 4. The smallest absolute Gasteiger partial charge is 0.184 e. The summed E-state index contributed by atoms with van der Waals surface area (Å²) in [6, 6.07) is 15.4. The van der Waals surface area contributed by atoms with Gasteiger partial charge in [0, 0.05) is 44.8 Å². The third-order valence-corrected chi connectivity index (χ3v) is 5.95. The molecular weight excluding hydrogens is 466 g/mol. The van der Waals surface area contributed by atoms with E-state index in [1.165, 1.54) is 0 Å². The molecule has 1 saturated heterocycles. The fourth-order valence-electron chi connectivity index (χ4n) is 3.98. The highest BCUT2D eigenvalue weighted by Crippen LogP contribution is 2.21. The summed E-state index contributed by atoms with van der Waals surface area (Å²) in [6.07, 6.45) is -4.10. The maximum atomic E-state index is 10.3.